The van der Waals surface area contributed by atoms with Crippen LogP contribution in [-0.2, 0) is 82.3 Å². The zero-order valence-electron chi connectivity index (χ0n) is 36.3. The van der Waals surface area contributed by atoms with Gasteiger partial charge >= 0.3 is 0 Å². The second kappa shape index (κ2) is 24.4. The van der Waals surface area contributed by atoms with Crippen molar-refractivity contribution in [3.63, 3.8) is 0 Å². The largest absolute Gasteiger partial charge is 0.394 e. The summed E-state index contributed by atoms with van der Waals surface area (Å²) in [6, 6.07) is 59.0. The third kappa shape index (κ3) is 13.3. The molecular formula is C54H58O11. The van der Waals surface area contributed by atoms with Crippen LogP contribution in [0.3, 0.4) is 0 Å². The molecular weight excluding hydrogens is 825 g/mol. The molecule has 0 amide bonds. The second-order valence-corrected chi connectivity index (χ2v) is 16.2. The SMILES string of the molecule is OC[C@H]1O[C@H](O)[C@H](OCc2ccccc2)[C@@H](OCc2ccccc2)[C@@H]1O[C@@H]1O[C@H](COCc2ccccc2)[C@@H](OCc2ccccc2)[C@H](OCc2ccccc2)[C@H]1OCc1ccccc1. The summed E-state index contributed by atoms with van der Waals surface area (Å²) in [5.41, 5.74) is 5.66. The zero-order valence-corrected chi connectivity index (χ0v) is 36.3. The first-order valence-corrected chi connectivity index (χ1v) is 22.3. The van der Waals surface area contributed by atoms with Crippen LogP contribution in [0.5, 0.6) is 0 Å². The van der Waals surface area contributed by atoms with Crippen LogP contribution in [-0.4, -0.2) is 84.8 Å². The quantitative estimate of drug-likeness (QED) is 0.0691. The predicted octanol–water partition coefficient (Wildman–Crippen LogP) is 7.95. The molecule has 2 fully saturated rings. The lowest BCUT2D eigenvalue weighted by Gasteiger charge is -2.49. The molecule has 0 radical (unpaired) electrons. The van der Waals surface area contributed by atoms with Gasteiger partial charge in [0, 0.05) is 0 Å². The summed E-state index contributed by atoms with van der Waals surface area (Å²) >= 11 is 0. The van der Waals surface area contributed by atoms with E-state index in [1.54, 1.807) is 0 Å². The van der Waals surface area contributed by atoms with Gasteiger partial charge in [0.05, 0.1) is 52.9 Å². The number of hydrogen-bond acceptors (Lipinski definition) is 11. The Morgan fingerprint density at radius 3 is 1.09 bits per heavy atom. The molecule has 0 unspecified atom stereocenters. The van der Waals surface area contributed by atoms with Crippen molar-refractivity contribution in [1.82, 2.24) is 0 Å². The van der Waals surface area contributed by atoms with Gasteiger partial charge in [0.1, 0.15) is 48.8 Å². The highest BCUT2D eigenvalue weighted by Gasteiger charge is 2.54. The van der Waals surface area contributed by atoms with Gasteiger partial charge in [-0.2, -0.15) is 0 Å². The highest BCUT2D eigenvalue weighted by atomic mass is 16.7. The average Bonchev–Trinajstić information content (AvgIpc) is 3.36. The fraction of sp³-hybridized carbons (Fsp3) is 0.333. The summed E-state index contributed by atoms with van der Waals surface area (Å²) < 4.78 is 60.5. The first-order chi connectivity index (χ1) is 32.1. The molecule has 65 heavy (non-hydrogen) atoms. The van der Waals surface area contributed by atoms with E-state index < -0.39 is 68.0 Å². The number of aliphatic hydroxyl groups excluding tert-OH is 2. The Bertz CT molecular complexity index is 2210. The average molecular weight is 883 g/mol. The minimum Gasteiger partial charge on any atom is -0.394 e. The maximum atomic E-state index is 11.5. The predicted molar refractivity (Wildman–Crippen MR) is 243 cm³/mol. The summed E-state index contributed by atoms with van der Waals surface area (Å²) in [6.07, 6.45) is -9.81. The molecule has 11 heteroatoms. The number of hydrogen-bond donors (Lipinski definition) is 2. The Balaban J connectivity index is 1.16. The number of benzene rings is 6. The maximum absolute atomic E-state index is 11.5. The number of rotatable bonds is 22. The lowest BCUT2D eigenvalue weighted by Crippen LogP contribution is -2.66. The van der Waals surface area contributed by atoms with Crippen molar-refractivity contribution in [2.24, 2.45) is 0 Å². The van der Waals surface area contributed by atoms with Crippen LogP contribution in [0, 0.1) is 0 Å². The van der Waals surface area contributed by atoms with Gasteiger partial charge in [0.15, 0.2) is 12.6 Å². The van der Waals surface area contributed by atoms with Crippen molar-refractivity contribution in [1.29, 1.82) is 0 Å². The van der Waals surface area contributed by atoms with E-state index in [4.69, 9.17) is 42.6 Å². The molecule has 0 saturated carbocycles. The molecule has 2 aliphatic rings. The summed E-state index contributed by atoms with van der Waals surface area (Å²) in [4.78, 5) is 0. The van der Waals surface area contributed by atoms with E-state index in [2.05, 4.69) is 0 Å². The highest BCUT2D eigenvalue weighted by Crippen LogP contribution is 2.36. The van der Waals surface area contributed by atoms with E-state index >= 15 is 0 Å². The summed E-state index contributed by atoms with van der Waals surface area (Å²) in [7, 11) is 0. The van der Waals surface area contributed by atoms with Gasteiger partial charge in [-0.25, -0.2) is 0 Å². The maximum Gasteiger partial charge on any atom is 0.187 e. The molecule has 2 saturated heterocycles. The van der Waals surface area contributed by atoms with E-state index in [0.717, 1.165) is 33.4 Å². The smallest absolute Gasteiger partial charge is 0.187 e. The molecule has 8 rings (SSSR count). The van der Waals surface area contributed by atoms with Gasteiger partial charge in [0.2, 0.25) is 0 Å². The van der Waals surface area contributed by atoms with Crippen molar-refractivity contribution in [2.45, 2.75) is 101 Å². The van der Waals surface area contributed by atoms with E-state index in [1.165, 1.54) is 0 Å². The fourth-order valence-electron chi connectivity index (χ4n) is 8.12. The normalized spacial score (nSPS) is 25.6. The fourth-order valence-corrected chi connectivity index (χ4v) is 8.12. The Morgan fingerprint density at radius 2 is 0.692 bits per heavy atom. The molecule has 11 nitrogen and oxygen atoms in total. The van der Waals surface area contributed by atoms with E-state index in [0.29, 0.717) is 6.61 Å². The molecule has 6 aromatic carbocycles. The van der Waals surface area contributed by atoms with Gasteiger partial charge < -0.3 is 52.8 Å². The summed E-state index contributed by atoms with van der Waals surface area (Å²) in [6.45, 7) is 0.970. The number of ether oxygens (including phenoxy) is 9. The highest BCUT2D eigenvalue weighted by molar-refractivity contribution is 5.18. The molecule has 0 spiro atoms. The van der Waals surface area contributed by atoms with Gasteiger partial charge in [-0.3, -0.25) is 0 Å². The minimum absolute atomic E-state index is 0.116. The molecule has 0 aliphatic carbocycles. The zero-order chi connectivity index (χ0) is 44.5. The molecule has 0 bridgehead atoms. The topological polar surface area (TPSA) is 124 Å². The third-order valence-electron chi connectivity index (χ3n) is 11.5. The summed E-state index contributed by atoms with van der Waals surface area (Å²) in [5, 5.41) is 22.5. The molecule has 340 valence electrons. The van der Waals surface area contributed by atoms with Crippen LogP contribution in [0.25, 0.3) is 0 Å². The van der Waals surface area contributed by atoms with E-state index in [-0.39, 0.29) is 39.6 Å². The monoisotopic (exact) mass is 882 g/mol. The molecule has 2 aliphatic heterocycles. The molecule has 0 aromatic heterocycles. The lowest BCUT2D eigenvalue weighted by atomic mass is 9.95. The van der Waals surface area contributed by atoms with E-state index in [9.17, 15) is 10.2 Å². The standard InChI is InChI=1S/C54H58O11/c55-31-45-48(50(60-35-42-25-13-4-14-26-42)51(53(56)63-45)61-36-43-27-15-5-16-28-43)65-54-52(62-37-44-29-17-6-18-30-44)49(59-34-41-23-11-3-12-24-41)47(58-33-40-21-9-2-10-22-40)46(64-54)38-57-32-39-19-7-1-8-20-39/h1-30,45-56H,31-38H2/t45-,46-,47-,48-,49+,50+,51-,52-,53+,54+/m1/s1. The van der Waals surface area contributed by atoms with Crippen LogP contribution < -0.4 is 0 Å². The van der Waals surface area contributed by atoms with Crippen molar-refractivity contribution in [3.8, 4) is 0 Å². The first-order valence-electron chi connectivity index (χ1n) is 22.3. The Kier molecular flexibility index (Phi) is 17.4. The van der Waals surface area contributed by atoms with E-state index in [1.807, 2.05) is 182 Å². The molecule has 2 heterocycles. The van der Waals surface area contributed by atoms with Gasteiger partial charge in [0.25, 0.3) is 0 Å². The minimum atomic E-state index is -1.45. The number of aliphatic hydroxyl groups is 2. The van der Waals surface area contributed by atoms with Gasteiger partial charge in [-0.1, -0.05) is 182 Å². The lowest BCUT2D eigenvalue weighted by molar-refractivity contribution is -0.373. The van der Waals surface area contributed by atoms with Crippen molar-refractivity contribution in [2.75, 3.05) is 13.2 Å². The Labute approximate surface area is 381 Å². The van der Waals surface area contributed by atoms with Crippen LogP contribution in [0.2, 0.25) is 0 Å². The van der Waals surface area contributed by atoms with Crippen molar-refractivity contribution in [3.05, 3.63) is 215 Å². The summed E-state index contributed by atoms with van der Waals surface area (Å²) in [5.74, 6) is 0. The Hall–Kier alpha value is -5.12. The molecule has 10 atom stereocenters. The van der Waals surface area contributed by atoms with Crippen LogP contribution in [0.1, 0.15) is 33.4 Å². The van der Waals surface area contributed by atoms with Crippen LogP contribution in [0.15, 0.2) is 182 Å². The molecule has 2 N–H and O–H groups in total. The van der Waals surface area contributed by atoms with Crippen molar-refractivity contribution < 1.29 is 52.8 Å². The third-order valence-corrected chi connectivity index (χ3v) is 11.5. The first kappa shape index (κ1) is 46.4. The van der Waals surface area contributed by atoms with Crippen LogP contribution in [0.4, 0.5) is 0 Å². The van der Waals surface area contributed by atoms with Crippen molar-refractivity contribution >= 4 is 0 Å². The second-order valence-electron chi connectivity index (χ2n) is 16.2. The van der Waals surface area contributed by atoms with Crippen LogP contribution >= 0.6 is 0 Å². The Morgan fingerprint density at radius 1 is 0.354 bits per heavy atom. The van der Waals surface area contributed by atoms with Gasteiger partial charge in [-0.05, 0) is 33.4 Å². The molecule has 6 aromatic rings. The van der Waals surface area contributed by atoms with Gasteiger partial charge in [-0.15, -0.1) is 0 Å².